The largest absolute Gasteiger partial charge is 0.442 e. The van der Waals surface area contributed by atoms with Crippen molar-refractivity contribution in [2.24, 2.45) is 0 Å². The normalized spacial score (nSPS) is 19.5. The first-order valence-corrected chi connectivity index (χ1v) is 12.0. The summed E-state index contributed by atoms with van der Waals surface area (Å²) in [5.74, 6) is -0.218. The molecule has 1 amide bonds. The van der Waals surface area contributed by atoms with Crippen LogP contribution in [0.15, 0.2) is 30.3 Å². The fraction of sp³-hybridized carbons (Fsp3) is 0.455. The topological polar surface area (TPSA) is 88.0 Å². The second kappa shape index (κ2) is 10.1. The molecular formula is C22H25FN4O4S2. The quantitative estimate of drug-likeness (QED) is 0.347. The third-order valence-electron chi connectivity index (χ3n) is 5.98. The number of anilines is 1. The van der Waals surface area contributed by atoms with Crippen LogP contribution in [0.25, 0.3) is 0 Å². The molecule has 1 unspecified atom stereocenters. The Balaban J connectivity index is 1.33. The van der Waals surface area contributed by atoms with Crippen LogP contribution in [0, 0.1) is 15.9 Å². The van der Waals surface area contributed by atoms with Gasteiger partial charge in [-0.2, -0.15) is 0 Å². The lowest BCUT2D eigenvalue weighted by molar-refractivity contribution is -0.380. The van der Waals surface area contributed by atoms with E-state index in [-0.39, 0.29) is 27.8 Å². The number of ether oxygens (including phenoxy) is 1. The Labute approximate surface area is 200 Å². The average molecular weight is 493 g/mol. The molecule has 1 N–H and O–H groups in total. The van der Waals surface area contributed by atoms with Gasteiger partial charge < -0.3 is 10.1 Å². The third-order valence-corrected chi connectivity index (χ3v) is 7.15. The number of amides is 1. The highest BCUT2D eigenvalue weighted by molar-refractivity contribution is 7.80. The summed E-state index contributed by atoms with van der Waals surface area (Å²) in [6, 6.07) is 8.30. The van der Waals surface area contributed by atoms with Gasteiger partial charge in [0.2, 0.25) is 0 Å². The lowest BCUT2D eigenvalue weighted by Gasteiger charge is -2.32. The number of halogens is 1. The number of likely N-dealkylation sites (tertiary alicyclic amines) is 1. The van der Waals surface area contributed by atoms with Gasteiger partial charge in [-0.1, -0.05) is 29.6 Å². The first-order chi connectivity index (χ1) is 15.8. The highest BCUT2D eigenvalue weighted by Crippen LogP contribution is 2.34. The molecule has 0 radical (unpaired) electrons. The number of thiophene rings is 1. The van der Waals surface area contributed by atoms with Crippen LogP contribution in [0.2, 0.25) is 0 Å². The number of hydrogen-bond donors (Lipinski definition) is 1. The lowest BCUT2D eigenvalue weighted by Crippen LogP contribution is -2.33. The molecule has 8 nitrogen and oxygen atoms in total. The summed E-state index contributed by atoms with van der Waals surface area (Å²) >= 11 is 6.18. The predicted molar refractivity (Wildman–Crippen MR) is 129 cm³/mol. The first kappa shape index (κ1) is 23.5. The van der Waals surface area contributed by atoms with Crippen LogP contribution >= 0.6 is 23.6 Å². The van der Waals surface area contributed by atoms with Crippen molar-refractivity contribution in [2.75, 3.05) is 31.1 Å². The Morgan fingerprint density at radius 1 is 1.33 bits per heavy atom. The Hall–Kier alpha value is -2.63. The van der Waals surface area contributed by atoms with Crippen LogP contribution in [0.3, 0.4) is 0 Å². The van der Waals surface area contributed by atoms with E-state index in [9.17, 15) is 14.9 Å². The number of piperidine rings is 1. The molecule has 11 heteroatoms. The molecule has 176 valence electrons. The van der Waals surface area contributed by atoms with Crippen LogP contribution in [-0.2, 0) is 11.3 Å². The number of benzene rings is 1. The van der Waals surface area contributed by atoms with Crippen molar-refractivity contribution >= 4 is 45.3 Å². The van der Waals surface area contributed by atoms with Gasteiger partial charge in [0, 0.05) is 17.5 Å². The number of thiocarbonyl (C=S) groups is 1. The number of rotatable bonds is 7. The maximum atomic E-state index is 15.0. The Morgan fingerprint density at radius 2 is 2.09 bits per heavy atom. The zero-order valence-corrected chi connectivity index (χ0v) is 19.8. The minimum Gasteiger partial charge on any atom is -0.442 e. The number of hydrogen-bond acceptors (Lipinski definition) is 7. The van der Waals surface area contributed by atoms with Crippen LogP contribution < -0.4 is 10.2 Å². The molecule has 0 spiro atoms. The summed E-state index contributed by atoms with van der Waals surface area (Å²) in [5.41, 5.74) is 1.15. The number of cyclic esters (lactones) is 1. The maximum absolute atomic E-state index is 15.0. The van der Waals surface area contributed by atoms with Crippen molar-refractivity contribution < 1.29 is 18.8 Å². The summed E-state index contributed by atoms with van der Waals surface area (Å²) < 4.78 is 20.3. The molecule has 2 saturated heterocycles. The SMILES string of the molecule is CC(=S)NCC1CN(c2ccc(C3CCN(Cc4ccc([N+](=O)[O-])s4)CC3)c(F)c2)C(=O)O1. The van der Waals surface area contributed by atoms with E-state index in [0.29, 0.717) is 35.9 Å². The number of nitro groups is 1. The highest BCUT2D eigenvalue weighted by Gasteiger charge is 2.33. The van der Waals surface area contributed by atoms with Crippen LogP contribution in [0.5, 0.6) is 0 Å². The van der Waals surface area contributed by atoms with Gasteiger partial charge in [-0.25, -0.2) is 9.18 Å². The van der Waals surface area contributed by atoms with E-state index < -0.39 is 6.09 Å². The number of nitrogens with one attached hydrogen (secondary N) is 1. The summed E-state index contributed by atoms with van der Waals surface area (Å²) in [4.78, 5) is 28.0. The zero-order valence-electron chi connectivity index (χ0n) is 18.2. The van der Waals surface area contributed by atoms with Gasteiger partial charge in [-0.15, -0.1) is 0 Å². The predicted octanol–water partition coefficient (Wildman–Crippen LogP) is 4.44. The van der Waals surface area contributed by atoms with E-state index in [2.05, 4.69) is 10.2 Å². The minimum atomic E-state index is -0.488. The number of nitrogens with zero attached hydrogens (tertiary/aromatic N) is 3. The second-order valence-corrected chi connectivity index (χ2v) is 10.1. The Bertz CT molecular complexity index is 1050. The molecule has 2 aliphatic heterocycles. The van der Waals surface area contributed by atoms with Gasteiger partial charge in [0.05, 0.1) is 28.7 Å². The van der Waals surface area contributed by atoms with E-state index in [1.165, 1.54) is 28.4 Å². The number of carbonyl (C=O) groups is 1. The highest BCUT2D eigenvalue weighted by atomic mass is 32.1. The molecule has 3 heterocycles. The van der Waals surface area contributed by atoms with E-state index in [1.807, 2.05) is 0 Å². The average Bonchev–Trinajstić information content (AvgIpc) is 3.39. The van der Waals surface area contributed by atoms with Gasteiger partial charge in [-0.05, 0) is 62.5 Å². The standard InChI is InChI=1S/C22H25FN4O4S2/c1-14(32)24-11-17-12-26(22(28)31-17)16-2-4-19(20(23)10-16)15-6-8-25(9-7-15)13-18-3-5-21(33-18)27(29)30/h2-5,10,15,17H,6-9,11-13H2,1H3,(H,24,32). The molecule has 2 aromatic rings. The molecule has 4 rings (SSSR count). The van der Waals surface area contributed by atoms with E-state index in [1.54, 1.807) is 25.1 Å². The smallest absolute Gasteiger partial charge is 0.414 e. The van der Waals surface area contributed by atoms with Gasteiger partial charge in [0.15, 0.2) is 0 Å². The van der Waals surface area contributed by atoms with Crippen molar-refractivity contribution in [3.63, 3.8) is 0 Å². The molecule has 1 atom stereocenters. The molecule has 0 bridgehead atoms. The van der Waals surface area contributed by atoms with Crippen molar-refractivity contribution in [1.29, 1.82) is 0 Å². The molecule has 1 aromatic heterocycles. The van der Waals surface area contributed by atoms with Crippen LogP contribution in [0.4, 0.5) is 19.9 Å². The van der Waals surface area contributed by atoms with Crippen molar-refractivity contribution in [3.05, 3.63) is 56.7 Å². The fourth-order valence-electron chi connectivity index (χ4n) is 4.28. The zero-order chi connectivity index (χ0) is 23.5. The van der Waals surface area contributed by atoms with E-state index >= 15 is 4.39 Å². The fourth-order valence-corrected chi connectivity index (χ4v) is 5.23. The number of carbonyl (C=O) groups excluding carboxylic acids is 1. The molecule has 33 heavy (non-hydrogen) atoms. The maximum Gasteiger partial charge on any atom is 0.414 e. The Kier molecular flexibility index (Phi) is 7.20. The summed E-state index contributed by atoms with van der Waals surface area (Å²) in [6.45, 7) is 4.79. The molecule has 1 aromatic carbocycles. The summed E-state index contributed by atoms with van der Waals surface area (Å²) in [6.07, 6.45) is 0.783. The molecule has 0 aliphatic carbocycles. The second-order valence-electron chi connectivity index (χ2n) is 8.31. The lowest BCUT2D eigenvalue weighted by atomic mass is 9.89. The van der Waals surface area contributed by atoms with Crippen molar-refractivity contribution in [1.82, 2.24) is 10.2 Å². The van der Waals surface area contributed by atoms with Crippen LogP contribution in [-0.4, -0.2) is 53.2 Å². The molecule has 2 aliphatic rings. The summed E-state index contributed by atoms with van der Waals surface area (Å²) in [5, 5.41) is 14.0. The summed E-state index contributed by atoms with van der Waals surface area (Å²) in [7, 11) is 0. The van der Waals surface area contributed by atoms with Crippen molar-refractivity contribution in [2.45, 2.75) is 38.3 Å². The third kappa shape index (κ3) is 5.66. The van der Waals surface area contributed by atoms with Crippen LogP contribution in [0.1, 0.15) is 36.1 Å². The first-order valence-electron chi connectivity index (χ1n) is 10.8. The van der Waals surface area contributed by atoms with Gasteiger partial charge in [-0.3, -0.25) is 19.9 Å². The minimum absolute atomic E-state index is 0.0982. The van der Waals surface area contributed by atoms with E-state index in [4.69, 9.17) is 17.0 Å². The molecule has 2 fully saturated rings. The monoisotopic (exact) mass is 492 g/mol. The molecular weight excluding hydrogens is 467 g/mol. The van der Waals surface area contributed by atoms with Gasteiger partial charge >= 0.3 is 11.1 Å². The van der Waals surface area contributed by atoms with Gasteiger partial charge in [0.25, 0.3) is 0 Å². The molecule has 0 saturated carbocycles. The van der Waals surface area contributed by atoms with Gasteiger partial charge in [0.1, 0.15) is 11.9 Å². The van der Waals surface area contributed by atoms with E-state index in [0.717, 1.165) is 30.8 Å². The Morgan fingerprint density at radius 3 is 2.73 bits per heavy atom. The van der Waals surface area contributed by atoms with Crippen molar-refractivity contribution in [3.8, 4) is 0 Å².